The molecule has 0 saturated carbocycles. The standard InChI is InChI=1S/C27H42N9O15P/c1-13(39)30-17-20(41)19(40)15(9-37)50-26(17)47-7-6-46-5-4-45-3-2-35-8-14(33-34-35)11-48-22-21(51-52(43)44)16(10-38)49-25(22)36-12-29-18-23(36)31-27(28)32-24(18)42/h8,12,15-17,19-22,25-26,37-38,40-41,52H,2-7,9-11H2,1H3,(H,30,39)(H,43,44)(H3,28,31,32,42)/t15?,16-,17?,19?,20?,21?,22?,25-,26?/m1/s1. The Hall–Kier alpha value is -3.49. The summed E-state index contributed by atoms with van der Waals surface area (Å²) >= 11 is 0. The number of aliphatic hydroxyl groups is 4. The molecule has 8 unspecified atom stereocenters. The molecule has 5 heterocycles. The molecule has 9 N–H and O–H groups in total. The van der Waals surface area contributed by atoms with Gasteiger partial charge in [0.15, 0.2) is 23.7 Å². The van der Waals surface area contributed by atoms with Crippen molar-refractivity contribution >= 4 is 31.3 Å². The van der Waals surface area contributed by atoms with Gasteiger partial charge in [-0.2, -0.15) is 4.98 Å². The fourth-order valence-electron chi connectivity index (χ4n) is 5.66. The lowest BCUT2D eigenvalue weighted by Crippen LogP contribution is -2.64. The van der Waals surface area contributed by atoms with Crippen LogP contribution >= 0.6 is 8.25 Å². The van der Waals surface area contributed by atoms with E-state index in [9.17, 15) is 39.5 Å². The number of anilines is 1. The summed E-state index contributed by atoms with van der Waals surface area (Å²) in [6, 6.07) is -1.05. The normalized spacial score (nSPS) is 28.4. The Kier molecular flexibility index (Phi) is 14.1. The third-order valence-corrected chi connectivity index (χ3v) is 8.51. The van der Waals surface area contributed by atoms with Gasteiger partial charge in [0, 0.05) is 6.92 Å². The molecule has 25 heteroatoms. The largest absolute Gasteiger partial charge is 0.394 e. The molecule has 0 spiro atoms. The Balaban J connectivity index is 1.06. The van der Waals surface area contributed by atoms with E-state index < -0.39 is 88.1 Å². The summed E-state index contributed by atoms with van der Waals surface area (Å²) in [4.78, 5) is 43.9. The number of aromatic nitrogens is 7. The number of nitrogens with one attached hydrogen (secondary N) is 2. The van der Waals surface area contributed by atoms with Crippen LogP contribution < -0.4 is 16.6 Å². The van der Waals surface area contributed by atoms with Crippen LogP contribution in [-0.2, 0) is 55.5 Å². The number of H-pyrrole nitrogens is 1. The maximum atomic E-state index is 12.3. The van der Waals surface area contributed by atoms with E-state index in [0.717, 1.165) is 0 Å². The Morgan fingerprint density at radius 2 is 1.79 bits per heavy atom. The number of hydrogen-bond donors (Lipinski definition) is 8. The van der Waals surface area contributed by atoms with Gasteiger partial charge < -0.3 is 69.3 Å². The highest BCUT2D eigenvalue weighted by Gasteiger charge is 2.49. The van der Waals surface area contributed by atoms with E-state index in [1.54, 1.807) is 6.20 Å². The number of aliphatic hydroxyl groups excluding tert-OH is 4. The van der Waals surface area contributed by atoms with Crippen molar-refractivity contribution in [2.45, 2.75) is 75.3 Å². The SMILES string of the molecule is CC(=O)NC1C(OCCOCCOCCn2cc(COC3C(O[PH](=O)O)[C@@H](CO)O[C@H]3n3cnc4c(=O)[nH]c(N)nc43)nn2)OC(CO)C(O)C1O. The number of imidazole rings is 1. The van der Waals surface area contributed by atoms with Crippen molar-refractivity contribution in [3.05, 3.63) is 28.6 Å². The summed E-state index contributed by atoms with van der Waals surface area (Å²) < 4.78 is 53.8. The number of aromatic amines is 1. The highest BCUT2D eigenvalue weighted by Crippen LogP contribution is 2.39. The quantitative estimate of drug-likeness (QED) is 0.0421. The maximum absolute atomic E-state index is 12.3. The number of amides is 1. The van der Waals surface area contributed by atoms with Crippen LogP contribution in [0.1, 0.15) is 18.8 Å². The van der Waals surface area contributed by atoms with Crippen molar-refractivity contribution in [3.8, 4) is 0 Å². The first kappa shape index (κ1) is 39.7. The van der Waals surface area contributed by atoms with Crippen LogP contribution in [0.25, 0.3) is 11.2 Å². The molecule has 2 saturated heterocycles. The van der Waals surface area contributed by atoms with Gasteiger partial charge in [-0.05, 0) is 0 Å². The average molecular weight is 764 g/mol. The van der Waals surface area contributed by atoms with Gasteiger partial charge in [-0.1, -0.05) is 5.21 Å². The van der Waals surface area contributed by atoms with Crippen molar-refractivity contribution in [1.29, 1.82) is 0 Å². The topological polar surface area (TPSA) is 332 Å². The highest BCUT2D eigenvalue weighted by atomic mass is 31.1. The van der Waals surface area contributed by atoms with Crippen molar-refractivity contribution < 1.29 is 67.6 Å². The Bertz CT molecular complexity index is 1690. The minimum atomic E-state index is -3.49. The van der Waals surface area contributed by atoms with Crippen LogP contribution in [0.2, 0.25) is 0 Å². The predicted molar refractivity (Wildman–Crippen MR) is 171 cm³/mol. The zero-order valence-electron chi connectivity index (χ0n) is 27.8. The van der Waals surface area contributed by atoms with Crippen molar-refractivity contribution in [2.24, 2.45) is 0 Å². The summed E-state index contributed by atoms with van der Waals surface area (Å²) in [6.45, 7) is 1.13. The third kappa shape index (κ3) is 9.73. The van der Waals surface area contributed by atoms with Gasteiger partial charge in [-0.25, -0.2) is 9.67 Å². The molecule has 0 bridgehead atoms. The predicted octanol–water partition coefficient (Wildman–Crippen LogP) is -4.47. The van der Waals surface area contributed by atoms with Crippen molar-refractivity contribution in [1.82, 2.24) is 39.8 Å². The lowest BCUT2D eigenvalue weighted by Gasteiger charge is -2.42. The van der Waals surface area contributed by atoms with Crippen LogP contribution in [0.3, 0.4) is 0 Å². The van der Waals surface area contributed by atoms with E-state index in [0.29, 0.717) is 12.2 Å². The van der Waals surface area contributed by atoms with Crippen LogP contribution in [0.4, 0.5) is 5.95 Å². The first-order valence-corrected chi connectivity index (χ1v) is 17.3. The molecule has 1 amide bonds. The number of fused-ring (bicyclic) bond motifs is 1. The number of carbonyl (C=O) groups excluding carboxylic acids is 1. The fourth-order valence-corrected chi connectivity index (χ4v) is 6.17. The minimum absolute atomic E-state index is 0.0237. The number of hydrogen-bond acceptors (Lipinski definition) is 19. The van der Waals surface area contributed by atoms with E-state index in [-0.39, 0.29) is 56.8 Å². The molecule has 3 aromatic rings. The van der Waals surface area contributed by atoms with E-state index in [1.807, 2.05) is 0 Å². The minimum Gasteiger partial charge on any atom is -0.394 e. The van der Waals surface area contributed by atoms with E-state index in [1.165, 1.54) is 22.5 Å². The summed E-state index contributed by atoms with van der Waals surface area (Å²) in [6.07, 6.45) is -6.62. The number of ether oxygens (including phenoxy) is 6. The molecule has 0 aliphatic carbocycles. The molecule has 0 radical (unpaired) electrons. The molecule has 2 fully saturated rings. The second kappa shape index (κ2) is 18.5. The molecular formula is C27H42N9O15P. The second-order valence-electron chi connectivity index (χ2n) is 11.6. The van der Waals surface area contributed by atoms with Crippen molar-refractivity contribution in [2.75, 3.05) is 52.0 Å². The molecule has 3 aromatic heterocycles. The zero-order chi connectivity index (χ0) is 37.4. The lowest BCUT2D eigenvalue weighted by atomic mass is 9.97. The Morgan fingerprint density at radius 1 is 1.06 bits per heavy atom. The average Bonchev–Trinajstić information content (AvgIpc) is 3.82. The molecule has 24 nitrogen and oxygen atoms in total. The number of nitrogens with zero attached hydrogens (tertiary/aromatic N) is 6. The molecule has 52 heavy (non-hydrogen) atoms. The molecule has 5 rings (SSSR count). The van der Waals surface area contributed by atoms with Crippen LogP contribution in [0.15, 0.2) is 17.3 Å². The smallest absolute Gasteiger partial charge is 0.317 e. The van der Waals surface area contributed by atoms with E-state index in [4.69, 9.17) is 38.7 Å². The van der Waals surface area contributed by atoms with E-state index >= 15 is 0 Å². The monoisotopic (exact) mass is 763 g/mol. The molecule has 290 valence electrons. The number of nitrogens with two attached hydrogens (primary N) is 1. The van der Waals surface area contributed by atoms with Crippen LogP contribution in [0.5, 0.6) is 0 Å². The van der Waals surface area contributed by atoms with Gasteiger partial charge in [-0.3, -0.25) is 23.7 Å². The van der Waals surface area contributed by atoms with Crippen molar-refractivity contribution in [3.63, 3.8) is 0 Å². The third-order valence-electron chi connectivity index (χ3n) is 8.03. The Morgan fingerprint density at radius 3 is 2.50 bits per heavy atom. The Labute approximate surface area is 294 Å². The van der Waals surface area contributed by atoms with Crippen LogP contribution in [-0.4, -0.2) is 161 Å². The van der Waals surface area contributed by atoms with Crippen LogP contribution in [0, 0.1) is 0 Å². The number of rotatable bonds is 19. The highest BCUT2D eigenvalue weighted by molar-refractivity contribution is 7.32. The van der Waals surface area contributed by atoms with Gasteiger partial charge in [0.05, 0.1) is 71.9 Å². The van der Waals surface area contributed by atoms with Gasteiger partial charge in [0.25, 0.3) is 5.56 Å². The van der Waals surface area contributed by atoms with Gasteiger partial charge in [0.1, 0.15) is 48.4 Å². The molecule has 2 aliphatic rings. The summed E-state index contributed by atoms with van der Waals surface area (Å²) in [7, 11) is -3.49. The molecule has 2 aliphatic heterocycles. The second-order valence-corrected chi connectivity index (χ2v) is 12.4. The van der Waals surface area contributed by atoms with Gasteiger partial charge in [0.2, 0.25) is 11.9 Å². The number of nitrogen functional groups attached to an aromatic ring is 1. The summed E-state index contributed by atoms with van der Waals surface area (Å²) in [5.74, 6) is -0.635. The lowest BCUT2D eigenvalue weighted by molar-refractivity contribution is -0.272. The first-order valence-electron chi connectivity index (χ1n) is 16.1. The van der Waals surface area contributed by atoms with E-state index in [2.05, 4.69) is 30.6 Å². The number of carbonyl (C=O) groups is 1. The summed E-state index contributed by atoms with van der Waals surface area (Å²) in [5, 5.41) is 50.3. The fraction of sp³-hybridized carbons (Fsp3) is 0.704. The zero-order valence-corrected chi connectivity index (χ0v) is 28.8. The molecule has 10 atom stereocenters. The molecular weight excluding hydrogens is 721 g/mol. The maximum Gasteiger partial charge on any atom is 0.317 e. The summed E-state index contributed by atoms with van der Waals surface area (Å²) in [5.41, 5.74) is 5.53. The molecule has 0 aromatic carbocycles. The van der Waals surface area contributed by atoms with Gasteiger partial charge in [-0.15, -0.1) is 5.10 Å². The first-order chi connectivity index (χ1) is 25.0. The van der Waals surface area contributed by atoms with Gasteiger partial charge >= 0.3 is 8.25 Å².